The Kier molecular flexibility index (Phi) is 2.28. The van der Waals surface area contributed by atoms with Crippen molar-refractivity contribution >= 4 is 0 Å². The van der Waals surface area contributed by atoms with Crippen LogP contribution in [0.2, 0.25) is 0 Å². The van der Waals surface area contributed by atoms with Crippen LogP contribution >= 0.6 is 0 Å². The van der Waals surface area contributed by atoms with Gasteiger partial charge < -0.3 is 5.32 Å². The molecule has 1 nitrogen and oxygen atoms in total. The second kappa shape index (κ2) is 3.64. The summed E-state index contributed by atoms with van der Waals surface area (Å²) in [7, 11) is 0. The minimum absolute atomic E-state index is 0.790. The lowest BCUT2D eigenvalue weighted by atomic mass is 10.1. The molecule has 80 valence electrons. The van der Waals surface area contributed by atoms with Crippen LogP contribution in [0.15, 0.2) is 18.2 Å². The van der Waals surface area contributed by atoms with Crippen molar-refractivity contribution in [1.82, 2.24) is 5.32 Å². The SMILES string of the molecule is CC1CC1NCc1ccc2c(c1)CCC2. The monoisotopic (exact) mass is 201 g/mol. The third-order valence-electron chi connectivity index (χ3n) is 3.84. The first-order valence-electron chi connectivity index (χ1n) is 6.17. The van der Waals surface area contributed by atoms with Gasteiger partial charge in [0.05, 0.1) is 0 Å². The molecular formula is C14H19N. The normalized spacial score (nSPS) is 27.8. The van der Waals surface area contributed by atoms with Crippen molar-refractivity contribution in [2.24, 2.45) is 5.92 Å². The molecule has 1 heteroatoms. The number of benzene rings is 1. The fourth-order valence-corrected chi connectivity index (χ4v) is 2.59. The molecule has 2 unspecified atom stereocenters. The number of hydrogen-bond acceptors (Lipinski definition) is 1. The van der Waals surface area contributed by atoms with E-state index >= 15 is 0 Å². The molecule has 2 aliphatic rings. The molecule has 1 N–H and O–H groups in total. The van der Waals surface area contributed by atoms with Crippen LogP contribution < -0.4 is 5.32 Å². The number of nitrogens with one attached hydrogen (secondary N) is 1. The number of rotatable bonds is 3. The van der Waals surface area contributed by atoms with Crippen molar-refractivity contribution in [3.63, 3.8) is 0 Å². The van der Waals surface area contributed by atoms with Crippen LogP contribution in [0.1, 0.15) is 36.5 Å². The minimum Gasteiger partial charge on any atom is -0.310 e. The predicted octanol–water partition coefficient (Wildman–Crippen LogP) is 2.67. The Bertz CT molecular complexity index is 370. The molecule has 0 aromatic heterocycles. The number of hydrogen-bond donors (Lipinski definition) is 1. The maximum atomic E-state index is 3.61. The lowest BCUT2D eigenvalue weighted by molar-refractivity contribution is 0.652. The first-order chi connectivity index (χ1) is 7.33. The van der Waals surface area contributed by atoms with Gasteiger partial charge in [-0.3, -0.25) is 0 Å². The largest absolute Gasteiger partial charge is 0.310 e. The molecular weight excluding hydrogens is 182 g/mol. The first-order valence-corrected chi connectivity index (χ1v) is 6.17. The smallest absolute Gasteiger partial charge is 0.0208 e. The quantitative estimate of drug-likeness (QED) is 0.793. The van der Waals surface area contributed by atoms with Gasteiger partial charge in [-0.15, -0.1) is 0 Å². The molecule has 0 heterocycles. The number of aryl methyl sites for hydroxylation is 2. The summed E-state index contributed by atoms with van der Waals surface area (Å²) in [5, 5.41) is 3.61. The van der Waals surface area contributed by atoms with Crippen molar-refractivity contribution in [3.8, 4) is 0 Å². The van der Waals surface area contributed by atoms with Crippen LogP contribution in [0.5, 0.6) is 0 Å². The van der Waals surface area contributed by atoms with E-state index in [9.17, 15) is 0 Å². The molecule has 0 spiro atoms. The van der Waals surface area contributed by atoms with Gasteiger partial charge >= 0.3 is 0 Å². The Morgan fingerprint density at radius 1 is 1.27 bits per heavy atom. The van der Waals surface area contributed by atoms with Gasteiger partial charge in [0.15, 0.2) is 0 Å². The van der Waals surface area contributed by atoms with Gasteiger partial charge in [0, 0.05) is 12.6 Å². The highest BCUT2D eigenvalue weighted by molar-refractivity contribution is 5.35. The highest BCUT2D eigenvalue weighted by atomic mass is 15.0. The average molecular weight is 201 g/mol. The maximum Gasteiger partial charge on any atom is 0.0208 e. The van der Waals surface area contributed by atoms with Crippen LogP contribution in [0.3, 0.4) is 0 Å². The molecule has 1 aromatic rings. The molecule has 0 aliphatic heterocycles. The van der Waals surface area contributed by atoms with Gasteiger partial charge in [-0.25, -0.2) is 0 Å². The van der Waals surface area contributed by atoms with Gasteiger partial charge in [0.2, 0.25) is 0 Å². The second-order valence-electron chi connectivity index (χ2n) is 5.16. The topological polar surface area (TPSA) is 12.0 Å². The van der Waals surface area contributed by atoms with E-state index in [0.717, 1.165) is 18.5 Å². The highest BCUT2D eigenvalue weighted by Gasteiger charge is 2.31. The standard InChI is InChI=1S/C14H19N/c1-10-7-14(10)15-9-11-5-6-12-3-2-4-13(12)8-11/h5-6,8,10,14-15H,2-4,7,9H2,1H3. The minimum atomic E-state index is 0.790. The van der Waals surface area contributed by atoms with E-state index < -0.39 is 0 Å². The van der Waals surface area contributed by atoms with Gasteiger partial charge in [-0.2, -0.15) is 0 Å². The zero-order chi connectivity index (χ0) is 10.3. The molecule has 15 heavy (non-hydrogen) atoms. The van der Waals surface area contributed by atoms with E-state index in [1.165, 1.54) is 31.2 Å². The summed E-state index contributed by atoms with van der Waals surface area (Å²) in [5.41, 5.74) is 4.64. The maximum absolute atomic E-state index is 3.61. The summed E-state index contributed by atoms with van der Waals surface area (Å²) in [6, 6.07) is 7.82. The second-order valence-corrected chi connectivity index (χ2v) is 5.16. The Hall–Kier alpha value is -0.820. The van der Waals surface area contributed by atoms with E-state index in [1.54, 1.807) is 11.1 Å². The Morgan fingerprint density at radius 3 is 2.87 bits per heavy atom. The van der Waals surface area contributed by atoms with Crippen LogP contribution in [0, 0.1) is 5.92 Å². The van der Waals surface area contributed by atoms with Gasteiger partial charge in [0.1, 0.15) is 0 Å². The van der Waals surface area contributed by atoms with Crippen LogP contribution in [-0.4, -0.2) is 6.04 Å². The fraction of sp³-hybridized carbons (Fsp3) is 0.571. The van der Waals surface area contributed by atoms with Crippen molar-refractivity contribution in [3.05, 3.63) is 34.9 Å². The van der Waals surface area contributed by atoms with E-state index in [1.807, 2.05) is 0 Å². The summed E-state index contributed by atoms with van der Waals surface area (Å²) in [6.45, 7) is 3.38. The summed E-state index contributed by atoms with van der Waals surface area (Å²) in [6.07, 6.45) is 5.31. The molecule has 3 rings (SSSR count). The molecule has 0 bridgehead atoms. The van der Waals surface area contributed by atoms with E-state index in [4.69, 9.17) is 0 Å². The van der Waals surface area contributed by atoms with Gasteiger partial charge in [0.25, 0.3) is 0 Å². The van der Waals surface area contributed by atoms with Crippen LogP contribution in [0.25, 0.3) is 0 Å². The lowest BCUT2D eigenvalue weighted by Crippen LogP contribution is -2.17. The third kappa shape index (κ3) is 1.93. The lowest BCUT2D eigenvalue weighted by Gasteiger charge is -2.06. The van der Waals surface area contributed by atoms with Crippen LogP contribution in [-0.2, 0) is 19.4 Å². The fourth-order valence-electron chi connectivity index (χ4n) is 2.59. The average Bonchev–Trinajstić information content (AvgIpc) is 2.78. The summed E-state index contributed by atoms with van der Waals surface area (Å²) in [5.74, 6) is 0.902. The molecule has 0 radical (unpaired) electrons. The molecule has 2 atom stereocenters. The molecule has 0 amide bonds. The van der Waals surface area contributed by atoms with Crippen molar-refractivity contribution in [1.29, 1.82) is 0 Å². The zero-order valence-corrected chi connectivity index (χ0v) is 9.42. The zero-order valence-electron chi connectivity index (χ0n) is 9.42. The van der Waals surface area contributed by atoms with Crippen LogP contribution in [0.4, 0.5) is 0 Å². The first kappa shape index (κ1) is 9.41. The Labute approximate surface area is 91.9 Å². The molecule has 1 fully saturated rings. The van der Waals surface area contributed by atoms with Gasteiger partial charge in [-0.05, 0) is 48.3 Å². The van der Waals surface area contributed by atoms with Crippen molar-refractivity contribution in [2.45, 2.75) is 45.2 Å². The van der Waals surface area contributed by atoms with Crippen molar-refractivity contribution < 1.29 is 0 Å². The Morgan fingerprint density at radius 2 is 2.07 bits per heavy atom. The highest BCUT2D eigenvalue weighted by Crippen LogP contribution is 2.29. The summed E-state index contributed by atoms with van der Waals surface area (Å²) >= 11 is 0. The van der Waals surface area contributed by atoms with E-state index in [2.05, 4.69) is 30.4 Å². The summed E-state index contributed by atoms with van der Waals surface area (Å²) < 4.78 is 0. The van der Waals surface area contributed by atoms with E-state index in [-0.39, 0.29) is 0 Å². The third-order valence-corrected chi connectivity index (χ3v) is 3.84. The molecule has 1 saturated carbocycles. The van der Waals surface area contributed by atoms with Crippen molar-refractivity contribution in [2.75, 3.05) is 0 Å². The van der Waals surface area contributed by atoms with E-state index in [0.29, 0.717) is 0 Å². The predicted molar refractivity (Wildman–Crippen MR) is 62.9 cm³/mol. The molecule has 0 saturated heterocycles. The molecule has 2 aliphatic carbocycles. The Balaban J connectivity index is 1.65. The number of fused-ring (bicyclic) bond motifs is 1. The summed E-state index contributed by atoms with van der Waals surface area (Å²) in [4.78, 5) is 0. The molecule has 1 aromatic carbocycles. The van der Waals surface area contributed by atoms with Gasteiger partial charge in [-0.1, -0.05) is 25.1 Å².